The maximum atomic E-state index is 12.9. The molecule has 7 aliphatic heterocycles. The fraction of sp³-hybridized carbons (Fsp3) is 0.613. The van der Waals surface area contributed by atoms with Crippen molar-refractivity contribution in [2.24, 2.45) is 11.8 Å². The van der Waals surface area contributed by atoms with Crippen molar-refractivity contribution >= 4 is 95.4 Å². The van der Waals surface area contributed by atoms with Crippen molar-refractivity contribution in [1.82, 2.24) is 19.8 Å². The lowest BCUT2D eigenvalue weighted by atomic mass is 9.76. The van der Waals surface area contributed by atoms with E-state index in [1.165, 1.54) is 8.47 Å². The average molecular weight is 1330 g/mol. The molecule has 7 fully saturated rings. The molecule has 0 radical (unpaired) electrons. The van der Waals surface area contributed by atoms with Crippen molar-refractivity contribution in [1.29, 1.82) is 0 Å². The SMILES string of the molecule is CC[C@@H]1CCN(C(=O)Nc2ccc(C)c(-c3cc(NC4CCOCC4)nc(N4CCOCC4)c3)c2)C1.Cc1ccc(NC(=O)N2CC[C@@H](CC(F)(F)F)C2)cc1B1OC(C)(C)C(C)(C)O1.Ic1cc(NC2CCOCC2)nc(N2CCOCC2)c1.S. The number of likely N-dealkylation sites (tertiary alicyclic amines) is 2. The van der Waals surface area contributed by atoms with Gasteiger partial charge in [-0.15, -0.1) is 0 Å². The van der Waals surface area contributed by atoms with Gasteiger partial charge in [-0.3, -0.25) is 0 Å². The first-order chi connectivity index (χ1) is 40.7. The molecule has 0 aliphatic carbocycles. The third-order valence-electron chi connectivity index (χ3n) is 17.5. The second-order valence-electron chi connectivity index (χ2n) is 24.4. The molecule has 0 spiro atoms. The number of nitrogens with one attached hydrogen (secondary N) is 4. The highest BCUT2D eigenvalue weighted by atomic mass is 127. The summed E-state index contributed by atoms with van der Waals surface area (Å²) in [5, 5.41) is 13.1. The number of ether oxygens (including phenoxy) is 4. The lowest BCUT2D eigenvalue weighted by Gasteiger charge is -2.32. The molecule has 4 amide bonds. The van der Waals surface area contributed by atoms with Gasteiger partial charge in [0, 0.05) is 112 Å². The minimum Gasteiger partial charge on any atom is -0.399 e. The molecular weight excluding hydrogens is 1240 g/mol. The van der Waals surface area contributed by atoms with E-state index in [0.717, 1.165) is 174 Å². The summed E-state index contributed by atoms with van der Waals surface area (Å²) in [6.07, 6.45) is 1.59. The number of amides is 4. The van der Waals surface area contributed by atoms with Crippen LogP contribution in [0.4, 0.5) is 57.4 Å². The van der Waals surface area contributed by atoms with Gasteiger partial charge >= 0.3 is 25.4 Å². The zero-order chi connectivity index (χ0) is 60.3. The predicted molar refractivity (Wildman–Crippen MR) is 348 cm³/mol. The van der Waals surface area contributed by atoms with E-state index in [-0.39, 0.29) is 26.1 Å². The number of benzene rings is 2. The number of rotatable bonds is 12. The fourth-order valence-electron chi connectivity index (χ4n) is 11.5. The molecule has 0 bridgehead atoms. The molecule has 4 N–H and O–H groups in total. The number of anilines is 6. The van der Waals surface area contributed by atoms with E-state index in [1.54, 1.807) is 12.1 Å². The second kappa shape index (κ2) is 30.6. The van der Waals surface area contributed by atoms with Crippen molar-refractivity contribution in [2.45, 2.75) is 129 Å². The van der Waals surface area contributed by atoms with Crippen LogP contribution in [0, 0.1) is 29.3 Å². The molecular formula is C62H89BF3IN10O8S. The number of hydrogen-bond donors (Lipinski definition) is 4. The Labute approximate surface area is 527 Å². The Morgan fingerprint density at radius 2 is 1.08 bits per heavy atom. The van der Waals surface area contributed by atoms with Gasteiger partial charge in [0.2, 0.25) is 0 Å². The molecule has 2 aromatic heterocycles. The summed E-state index contributed by atoms with van der Waals surface area (Å²) < 4.78 is 73.1. The number of hydrogen-bond acceptors (Lipinski definition) is 14. The van der Waals surface area contributed by atoms with Crippen LogP contribution in [-0.4, -0.2) is 174 Å². The number of carbonyl (C=O) groups excluding carboxylic acids is 2. The van der Waals surface area contributed by atoms with Crippen molar-refractivity contribution in [3.63, 3.8) is 0 Å². The normalized spacial score (nSPS) is 21.6. The van der Waals surface area contributed by atoms with E-state index < -0.39 is 42.9 Å². The molecule has 0 saturated carbocycles. The third kappa shape index (κ3) is 18.6. The van der Waals surface area contributed by atoms with E-state index in [2.05, 4.69) is 104 Å². The number of morpholine rings is 2. The first-order valence-corrected chi connectivity index (χ1v) is 31.5. The van der Waals surface area contributed by atoms with E-state index in [0.29, 0.717) is 49.9 Å². The van der Waals surface area contributed by atoms with Crippen LogP contribution in [0.5, 0.6) is 0 Å². The Morgan fingerprint density at radius 3 is 1.59 bits per heavy atom. The topological polar surface area (TPSA) is 176 Å². The van der Waals surface area contributed by atoms with Crippen LogP contribution in [0.1, 0.15) is 97.1 Å². The highest BCUT2D eigenvalue weighted by Crippen LogP contribution is 2.38. The summed E-state index contributed by atoms with van der Waals surface area (Å²) in [7, 11) is -0.556. The van der Waals surface area contributed by atoms with Crippen LogP contribution in [0.2, 0.25) is 0 Å². The van der Waals surface area contributed by atoms with Gasteiger partial charge in [0.25, 0.3) is 0 Å². The van der Waals surface area contributed by atoms with Crippen molar-refractivity contribution in [3.05, 3.63) is 75.4 Å². The van der Waals surface area contributed by atoms with Crippen LogP contribution >= 0.6 is 36.1 Å². The minimum absolute atomic E-state index is 0. The number of halogens is 4. The summed E-state index contributed by atoms with van der Waals surface area (Å²) >= 11 is 2.36. The number of carbonyl (C=O) groups is 2. The monoisotopic (exact) mass is 1330 g/mol. The Morgan fingerprint density at radius 1 is 0.616 bits per heavy atom. The third-order valence-corrected chi connectivity index (χ3v) is 18.1. The lowest BCUT2D eigenvalue weighted by molar-refractivity contribution is -0.143. The van der Waals surface area contributed by atoms with Gasteiger partial charge in [-0.1, -0.05) is 31.0 Å². The molecule has 7 aliphatic rings. The Bertz CT molecular complexity index is 2860. The van der Waals surface area contributed by atoms with Crippen LogP contribution in [0.25, 0.3) is 11.1 Å². The molecule has 2 aromatic carbocycles. The molecule has 7 saturated heterocycles. The number of pyridine rings is 2. The molecule has 2 atom stereocenters. The van der Waals surface area contributed by atoms with Gasteiger partial charge in [0.05, 0.1) is 37.6 Å². The Kier molecular flexibility index (Phi) is 23.9. The Balaban J connectivity index is 0.000000173. The quantitative estimate of drug-likeness (QED) is 0.0778. The first-order valence-electron chi connectivity index (χ1n) is 30.5. The molecule has 4 aromatic rings. The number of aromatic nitrogens is 2. The van der Waals surface area contributed by atoms with E-state index in [9.17, 15) is 22.8 Å². The number of nitrogens with zero attached hydrogens (tertiary/aromatic N) is 6. The van der Waals surface area contributed by atoms with Gasteiger partial charge in [0.15, 0.2) is 0 Å². The molecule has 24 heteroatoms. The van der Waals surface area contributed by atoms with Crippen LogP contribution < -0.4 is 36.5 Å². The zero-order valence-corrected chi connectivity index (χ0v) is 54.2. The highest BCUT2D eigenvalue weighted by Gasteiger charge is 2.52. The molecule has 11 rings (SSSR count). The first kappa shape index (κ1) is 67.1. The number of aryl methyl sites for hydroxylation is 2. The molecule has 472 valence electrons. The number of urea groups is 2. The van der Waals surface area contributed by atoms with Gasteiger partial charge in [-0.25, -0.2) is 19.6 Å². The average Bonchev–Trinajstić information content (AvgIpc) is 2.32. The molecule has 18 nitrogen and oxygen atoms in total. The van der Waals surface area contributed by atoms with Crippen LogP contribution in [0.15, 0.2) is 60.7 Å². The van der Waals surface area contributed by atoms with Crippen LogP contribution in [0.3, 0.4) is 0 Å². The molecule has 0 unspecified atom stereocenters. The maximum Gasteiger partial charge on any atom is 0.495 e. The largest absolute Gasteiger partial charge is 0.495 e. The fourth-order valence-corrected chi connectivity index (χ4v) is 12.1. The van der Waals surface area contributed by atoms with E-state index >= 15 is 0 Å². The second-order valence-corrected chi connectivity index (χ2v) is 25.6. The zero-order valence-electron chi connectivity index (χ0n) is 51.1. The maximum absolute atomic E-state index is 12.9. The van der Waals surface area contributed by atoms with E-state index in [4.69, 9.17) is 38.2 Å². The summed E-state index contributed by atoms with van der Waals surface area (Å²) in [6.45, 7) is 26.0. The smallest absolute Gasteiger partial charge is 0.399 e. The molecule has 9 heterocycles. The van der Waals surface area contributed by atoms with Crippen molar-refractivity contribution in [2.75, 3.05) is 136 Å². The van der Waals surface area contributed by atoms with Crippen molar-refractivity contribution < 1.29 is 51.0 Å². The highest BCUT2D eigenvalue weighted by molar-refractivity contribution is 14.1. The van der Waals surface area contributed by atoms with Gasteiger partial charge in [0.1, 0.15) is 23.3 Å². The molecule has 86 heavy (non-hydrogen) atoms. The van der Waals surface area contributed by atoms with Crippen LogP contribution in [-0.2, 0) is 28.3 Å². The Hall–Kier alpha value is -4.83. The summed E-state index contributed by atoms with van der Waals surface area (Å²) in [5.74, 6) is 3.94. The predicted octanol–water partition coefficient (Wildman–Crippen LogP) is 11.1. The van der Waals surface area contributed by atoms with Gasteiger partial charge < -0.3 is 69.1 Å². The van der Waals surface area contributed by atoms with Gasteiger partial charge in [-0.2, -0.15) is 26.7 Å². The summed E-state index contributed by atoms with van der Waals surface area (Å²) in [4.78, 5) is 43.1. The van der Waals surface area contributed by atoms with Crippen molar-refractivity contribution in [3.8, 4) is 11.1 Å². The minimum atomic E-state index is -4.20. The summed E-state index contributed by atoms with van der Waals surface area (Å²) in [6, 6.07) is 20.6. The summed E-state index contributed by atoms with van der Waals surface area (Å²) in [5.41, 5.74) is 5.57. The lowest BCUT2D eigenvalue weighted by Crippen LogP contribution is -2.41. The van der Waals surface area contributed by atoms with Gasteiger partial charge in [-0.05, 0) is 185 Å². The van der Waals surface area contributed by atoms with E-state index in [1.807, 2.05) is 51.7 Å². The standard InChI is InChI=1S/C28H39N5O3.C20H28BF3N2O3.C14H20IN3O2.H2S/c1-3-21-6-9-33(19-21)28(34)30-24-5-4-20(2)25(18-24)22-16-26(29-23-7-12-35-13-8-23)31-27(17-22)32-10-14-36-15-11-32;1-13-6-7-15(10-16(13)21-28-18(2,3)19(4,5)29-21)25-17(27)26-9-8-14(12-26)11-20(22,23)24;15-11-9-13(16-12-1-5-19-6-2-12)17-14(10-11)18-3-7-20-8-4-18;/h4-5,16-18,21,23H,3,6-15,19H2,1-2H3,(H,29,31)(H,30,34);6-7,10,14H,8-9,11-12H2,1-5H3,(H,25,27);9-10,12H,1-8H2,(H,16,17);1H2/t21-;14-;;/m10../s1. The number of alkyl halides is 3.